The average molecular weight is 418 g/mol. The van der Waals surface area contributed by atoms with Crippen molar-refractivity contribution in [2.24, 2.45) is 0 Å². The topological polar surface area (TPSA) is 121 Å². The van der Waals surface area contributed by atoms with E-state index in [-0.39, 0.29) is 18.1 Å². The zero-order chi connectivity index (χ0) is 21.8. The molecule has 9 nitrogen and oxygen atoms in total. The second kappa shape index (κ2) is 8.70. The quantitative estimate of drug-likeness (QED) is 0.473. The highest BCUT2D eigenvalue weighted by Crippen LogP contribution is 2.22. The summed E-state index contributed by atoms with van der Waals surface area (Å²) in [7, 11) is 1.60. The zero-order valence-corrected chi connectivity index (χ0v) is 17.2. The largest absolute Gasteiger partial charge is 0.497 e. The van der Waals surface area contributed by atoms with Crippen LogP contribution in [0.1, 0.15) is 27.5 Å². The standard InChI is InChI=1S/C22H22N6O3/c1-14-18(25-22(31-14)16-6-4-3-5-7-16)13-28-20(23)19(26-27-28)21(29)24-12-15-8-10-17(30-2)11-9-15/h3-11H,12-13,23H2,1-2H3,(H,24,29). The van der Waals surface area contributed by atoms with Crippen LogP contribution in [0, 0.1) is 6.92 Å². The van der Waals surface area contributed by atoms with Crippen molar-refractivity contribution >= 4 is 11.7 Å². The van der Waals surface area contributed by atoms with Crippen molar-refractivity contribution in [2.45, 2.75) is 20.0 Å². The fourth-order valence-electron chi connectivity index (χ4n) is 3.03. The Balaban J connectivity index is 1.44. The number of benzene rings is 2. The first-order valence-corrected chi connectivity index (χ1v) is 9.67. The van der Waals surface area contributed by atoms with Crippen LogP contribution in [0.25, 0.3) is 11.5 Å². The smallest absolute Gasteiger partial charge is 0.275 e. The van der Waals surface area contributed by atoms with Gasteiger partial charge in [0, 0.05) is 12.1 Å². The Labute approximate surface area is 178 Å². The molecule has 158 valence electrons. The van der Waals surface area contributed by atoms with Crippen molar-refractivity contribution in [3.63, 3.8) is 0 Å². The number of nitrogens with one attached hydrogen (secondary N) is 1. The number of hydrogen-bond donors (Lipinski definition) is 2. The first-order valence-electron chi connectivity index (χ1n) is 9.67. The van der Waals surface area contributed by atoms with E-state index in [1.165, 1.54) is 4.68 Å². The molecule has 0 unspecified atom stereocenters. The molecule has 1 amide bonds. The van der Waals surface area contributed by atoms with Crippen LogP contribution in [0.15, 0.2) is 59.0 Å². The molecule has 3 N–H and O–H groups in total. The lowest BCUT2D eigenvalue weighted by Crippen LogP contribution is -2.24. The Hall–Kier alpha value is -4.14. The van der Waals surface area contributed by atoms with Gasteiger partial charge in [0.1, 0.15) is 17.2 Å². The SMILES string of the molecule is COc1ccc(CNC(=O)c2nnn(Cc3nc(-c4ccccc4)oc3C)c2N)cc1. The van der Waals surface area contributed by atoms with Crippen LogP contribution in [-0.4, -0.2) is 33.0 Å². The third kappa shape index (κ3) is 4.40. The summed E-state index contributed by atoms with van der Waals surface area (Å²) in [5.74, 6) is 1.68. The number of nitrogen functional groups attached to an aromatic ring is 1. The Kier molecular flexibility index (Phi) is 5.65. The van der Waals surface area contributed by atoms with E-state index in [9.17, 15) is 4.79 Å². The van der Waals surface area contributed by atoms with E-state index in [0.29, 0.717) is 23.9 Å². The fraction of sp³-hybridized carbons (Fsp3) is 0.182. The highest BCUT2D eigenvalue weighted by Gasteiger charge is 2.19. The number of aromatic nitrogens is 4. The van der Waals surface area contributed by atoms with Crippen LogP contribution in [0.4, 0.5) is 5.82 Å². The van der Waals surface area contributed by atoms with Gasteiger partial charge >= 0.3 is 0 Å². The number of oxazole rings is 1. The predicted octanol–water partition coefficient (Wildman–Crippen LogP) is 2.81. The van der Waals surface area contributed by atoms with Gasteiger partial charge in [0.15, 0.2) is 11.5 Å². The zero-order valence-electron chi connectivity index (χ0n) is 17.2. The third-order valence-electron chi connectivity index (χ3n) is 4.81. The lowest BCUT2D eigenvalue weighted by atomic mass is 10.2. The first kappa shape index (κ1) is 20.1. The number of anilines is 1. The maximum absolute atomic E-state index is 12.5. The molecule has 0 radical (unpaired) electrons. The van der Waals surface area contributed by atoms with Gasteiger partial charge in [0.05, 0.1) is 13.7 Å². The molecule has 0 fully saturated rings. The molecule has 0 saturated carbocycles. The Morgan fingerprint density at radius 3 is 2.61 bits per heavy atom. The fourth-order valence-corrected chi connectivity index (χ4v) is 3.03. The highest BCUT2D eigenvalue weighted by atomic mass is 16.5. The van der Waals surface area contributed by atoms with Gasteiger partial charge < -0.3 is 20.2 Å². The van der Waals surface area contributed by atoms with E-state index in [1.807, 2.05) is 61.5 Å². The van der Waals surface area contributed by atoms with Gasteiger partial charge in [-0.15, -0.1) is 5.10 Å². The Morgan fingerprint density at radius 1 is 1.16 bits per heavy atom. The monoisotopic (exact) mass is 418 g/mol. The molecule has 0 atom stereocenters. The number of carbonyl (C=O) groups is 1. The van der Waals surface area contributed by atoms with Crippen LogP contribution < -0.4 is 15.8 Å². The molecule has 31 heavy (non-hydrogen) atoms. The summed E-state index contributed by atoms with van der Waals surface area (Å²) < 4.78 is 12.3. The minimum atomic E-state index is -0.401. The molecule has 2 heterocycles. The molecule has 9 heteroatoms. The number of nitrogens with zero attached hydrogens (tertiary/aromatic N) is 4. The molecule has 0 aliphatic heterocycles. The van der Waals surface area contributed by atoms with Crippen LogP contribution in [0.3, 0.4) is 0 Å². The van der Waals surface area contributed by atoms with E-state index >= 15 is 0 Å². The van der Waals surface area contributed by atoms with Crippen molar-refractivity contribution < 1.29 is 13.9 Å². The van der Waals surface area contributed by atoms with E-state index in [1.54, 1.807) is 7.11 Å². The van der Waals surface area contributed by atoms with E-state index < -0.39 is 5.91 Å². The van der Waals surface area contributed by atoms with Crippen LogP contribution in [-0.2, 0) is 13.1 Å². The number of rotatable bonds is 7. The molecular weight excluding hydrogens is 396 g/mol. The summed E-state index contributed by atoms with van der Waals surface area (Å²) in [6.07, 6.45) is 0. The number of carbonyl (C=O) groups excluding carboxylic acids is 1. The average Bonchev–Trinajstić information content (AvgIpc) is 3.36. The van der Waals surface area contributed by atoms with Gasteiger partial charge in [-0.3, -0.25) is 4.79 Å². The molecule has 4 rings (SSSR count). The van der Waals surface area contributed by atoms with Crippen molar-refractivity contribution in [3.05, 3.63) is 77.3 Å². The van der Waals surface area contributed by atoms with Crippen LogP contribution in [0.5, 0.6) is 5.75 Å². The number of amides is 1. The van der Waals surface area contributed by atoms with Gasteiger partial charge in [-0.1, -0.05) is 35.5 Å². The summed E-state index contributed by atoms with van der Waals surface area (Å²) in [6, 6.07) is 17.0. The van der Waals surface area contributed by atoms with Crippen molar-refractivity contribution in [1.82, 2.24) is 25.3 Å². The molecule has 4 aromatic rings. The van der Waals surface area contributed by atoms with Crippen molar-refractivity contribution in [1.29, 1.82) is 0 Å². The summed E-state index contributed by atoms with van der Waals surface area (Å²) in [6.45, 7) is 2.40. The highest BCUT2D eigenvalue weighted by molar-refractivity contribution is 5.96. The molecule has 2 aromatic heterocycles. The number of aryl methyl sites for hydroxylation is 1. The molecular formula is C22H22N6O3. The maximum Gasteiger partial charge on any atom is 0.275 e. The normalized spacial score (nSPS) is 10.8. The second-order valence-electron chi connectivity index (χ2n) is 6.90. The van der Waals surface area contributed by atoms with Gasteiger partial charge in [-0.2, -0.15) is 0 Å². The van der Waals surface area contributed by atoms with Gasteiger partial charge in [-0.05, 0) is 36.8 Å². The third-order valence-corrected chi connectivity index (χ3v) is 4.81. The second-order valence-corrected chi connectivity index (χ2v) is 6.90. The summed E-state index contributed by atoms with van der Waals surface area (Å²) in [5, 5.41) is 10.8. The minimum Gasteiger partial charge on any atom is -0.497 e. The summed E-state index contributed by atoms with van der Waals surface area (Å²) in [4.78, 5) is 17.1. The van der Waals surface area contributed by atoms with Crippen LogP contribution >= 0.6 is 0 Å². The molecule has 0 saturated heterocycles. The molecule has 2 aromatic carbocycles. The predicted molar refractivity (Wildman–Crippen MR) is 114 cm³/mol. The summed E-state index contributed by atoms with van der Waals surface area (Å²) >= 11 is 0. The van der Waals surface area contributed by atoms with E-state index in [2.05, 4.69) is 20.6 Å². The lowest BCUT2D eigenvalue weighted by Gasteiger charge is -2.06. The Bertz CT molecular complexity index is 1180. The van der Waals surface area contributed by atoms with E-state index in [0.717, 1.165) is 16.9 Å². The number of ether oxygens (including phenoxy) is 1. The lowest BCUT2D eigenvalue weighted by molar-refractivity contribution is 0.0946. The number of methoxy groups -OCH3 is 1. The van der Waals surface area contributed by atoms with Crippen molar-refractivity contribution in [3.8, 4) is 17.2 Å². The summed E-state index contributed by atoms with van der Waals surface area (Å²) in [5.41, 5.74) is 8.66. The number of hydrogen-bond acceptors (Lipinski definition) is 7. The van der Waals surface area contributed by atoms with Crippen LogP contribution in [0.2, 0.25) is 0 Å². The molecule has 0 bridgehead atoms. The van der Waals surface area contributed by atoms with Gasteiger partial charge in [-0.25, -0.2) is 9.67 Å². The van der Waals surface area contributed by atoms with Crippen molar-refractivity contribution in [2.75, 3.05) is 12.8 Å². The molecule has 0 aliphatic rings. The first-order chi connectivity index (χ1) is 15.0. The minimum absolute atomic E-state index is 0.0675. The van der Waals surface area contributed by atoms with Gasteiger partial charge in [0.25, 0.3) is 5.91 Å². The number of nitrogens with two attached hydrogens (primary N) is 1. The van der Waals surface area contributed by atoms with Gasteiger partial charge in [0.2, 0.25) is 5.89 Å². The van der Waals surface area contributed by atoms with E-state index in [4.69, 9.17) is 14.9 Å². The Morgan fingerprint density at radius 2 is 1.90 bits per heavy atom. The molecule has 0 aliphatic carbocycles. The molecule has 0 spiro atoms. The maximum atomic E-state index is 12.5.